The number of imide groups is 1. The molecule has 3 amide bonds. The SMILES string of the molecule is CCCCC(=O)NCCN1C(=O)S/C(=C\c2ccc(F)cc2)C1=O. The van der Waals surface area contributed by atoms with Crippen LogP contribution in [0.4, 0.5) is 9.18 Å². The lowest BCUT2D eigenvalue weighted by Crippen LogP contribution is -2.37. The molecule has 0 aliphatic carbocycles. The summed E-state index contributed by atoms with van der Waals surface area (Å²) in [5.74, 6) is -0.832. The summed E-state index contributed by atoms with van der Waals surface area (Å²) in [5.41, 5.74) is 0.648. The number of rotatable bonds is 7. The van der Waals surface area contributed by atoms with Gasteiger partial charge in [-0.05, 0) is 42.0 Å². The zero-order valence-corrected chi connectivity index (χ0v) is 14.2. The van der Waals surface area contributed by atoms with Crippen LogP contribution in [0.2, 0.25) is 0 Å². The summed E-state index contributed by atoms with van der Waals surface area (Å²) >= 11 is 0.846. The van der Waals surface area contributed by atoms with Gasteiger partial charge in [-0.15, -0.1) is 0 Å². The maximum Gasteiger partial charge on any atom is 0.293 e. The summed E-state index contributed by atoms with van der Waals surface area (Å²) in [5, 5.41) is 2.34. The average Bonchev–Trinajstić information content (AvgIpc) is 2.82. The van der Waals surface area contributed by atoms with Gasteiger partial charge in [0.2, 0.25) is 5.91 Å². The normalized spacial score (nSPS) is 16.1. The first-order chi connectivity index (χ1) is 11.5. The fraction of sp³-hybridized carbons (Fsp3) is 0.353. The van der Waals surface area contributed by atoms with Gasteiger partial charge in [-0.1, -0.05) is 25.5 Å². The Morgan fingerprint density at radius 1 is 1.29 bits per heavy atom. The van der Waals surface area contributed by atoms with E-state index in [0.717, 1.165) is 29.5 Å². The van der Waals surface area contributed by atoms with Crippen molar-refractivity contribution in [2.24, 2.45) is 0 Å². The van der Waals surface area contributed by atoms with Crippen molar-refractivity contribution >= 4 is 34.9 Å². The summed E-state index contributed by atoms with van der Waals surface area (Å²) < 4.78 is 12.9. The lowest BCUT2D eigenvalue weighted by atomic mass is 10.2. The Kier molecular flexibility index (Phi) is 6.54. The molecule has 1 aromatic rings. The highest BCUT2D eigenvalue weighted by Gasteiger charge is 2.34. The smallest absolute Gasteiger partial charge is 0.293 e. The van der Waals surface area contributed by atoms with Crippen molar-refractivity contribution in [3.8, 4) is 0 Å². The van der Waals surface area contributed by atoms with E-state index < -0.39 is 5.91 Å². The van der Waals surface area contributed by atoms with Crippen LogP contribution in [-0.2, 0) is 9.59 Å². The Bertz CT molecular complexity index is 658. The molecular formula is C17H19FN2O3S. The van der Waals surface area contributed by atoms with E-state index in [1.807, 2.05) is 6.92 Å². The number of hydrogen-bond acceptors (Lipinski definition) is 4. The fourth-order valence-electron chi connectivity index (χ4n) is 2.14. The number of thioether (sulfide) groups is 1. The minimum atomic E-state index is -0.392. The largest absolute Gasteiger partial charge is 0.354 e. The number of carbonyl (C=O) groups is 3. The number of hydrogen-bond donors (Lipinski definition) is 1. The molecule has 0 atom stereocenters. The molecule has 1 aliphatic rings. The summed E-state index contributed by atoms with van der Waals surface area (Å²) in [7, 11) is 0. The molecule has 128 valence electrons. The molecule has 0 aromatic heterocycles. The lowest BCUT2D eigenvalue weighted by molar-refractivity contribution is -0.124. The molecule has 1 saturated heterocycles. The summed E-state index contributed by atoms with van der Waals surface area (Å²) in [6, 6.07) is 5.67. The highest BCUT2D eigenvalue weighted by molar-refractivity contribution is 8.18. The van der Waals surface area contributed by atoms with Gasteiger partial charge < -0.3 is 5.32 Å². The van der Waals surface area contributed by atoms with Crippen molar-refractivity contribution in [2.75, 3.05) is 13.1 Å². The van der Waals surface area contributed by atoms with Gasteiger partial charge in [-0.2, -0.15) is 0 Å². The van der Waals surface area contributed by atoms with E-state index in [1.165, 1.54) is 24.3 Å². The monoisotopic (exact) mass is 350 g/mol. The first kappa shape index (κ1) is 18.2. The maximum atomic E-state index is 12.9. The molecule has 24 heavy (non-hydrogen) atoms. The van der Waals surface area contributed by atoms with E-state index in [1.54, 1.807) is 6.08 Å². The number of nitrogens with zero attached hydrogens (tertiary/aromatic N) is 1. The summed E-state index contributed by atoms with van der Waals surface area (Å²) in [4.78, 5) is 37.1. The molecule has 2 rings (SSSR count). The van der Waals surface area contributed by atoms with Crippen LogP contribution in [0.25, 0.3) is 6.08 Å². The Balaban J connectivity index is 1.91. The molecule has 0 radical (unpaired) electrons. The zero-order chi connectivity index (χ0) is 17.5. The van der Waals surface area contributed by atoms with Gasteiger partial charge in [-0.25, -0.2) is 4.39 Å². The standard InChI is InChI=1S/C17H19FN2O3S/c1-2-3-4-15(21)19-9-10-20-16(22)14(24-17(20)23)11-12-5-7-13(18)8-6-12/h5-8,11H,2-4,9-10H2,1H3,(H,19,21)/b14-11-. The van der Waals surface area contributed by atoms with Gasteiger partial charge in [0.05, 0.1) is 4.91 Å². The van der Waals surface area contributed by atoms with Crippen LogP contribution >= 0.6 is 11.8 Å². The molecule has 5 nitrogen and oxygen atoms in total. The van der Waals surface area contributed by atoms with E-state index >= 15 is 0 Å². The predicted molar refractivity (Wildman–Crippen MR) is 91.6 cm³/mol. The maximum absolute atomic E-state index is 12.9. The molecule has 1 aliphatic heterocycles. The molecule has 1 N–H and O–H groups in total. The zero-order valence-electron chi connectivity index (χ0n) is 13.4. The number of amides is 3. The predicted octanol–water partition coefficient (Wildman–Crippen LogP) is 3.17. The molecule has 7 heteroatoms. The first-order valence-electron chi connectivity index (χ1n) is 7.79. The molecule has 0 unspecified atom stereocenters. The fourth-order valence-corrected chi connectivity index (χ4v) is 3.00. The quantitative estimate of drug-likeness (QED) is 0.767. The van der Waals surface area contributed by atoms with Crippen molar-refractivity contribution < 1.29 is 18.8 Å². The third kappa shape index (κ3) is 4.92. The van der Waals surface area contributed by atoms with Gasteiger partial charge in [0, 0.05) is 19.5 Å². The van der Waals surface area contributed by atoms with Crippen LogP contribution in [-0.4, -0.2) is 35.0 Å². The van der Waals surface area contributed by atoms with E-state index in [-0.39, 0.29) is 30.1 Å². The third-order valence-corrected chi connectivity index (χ3v) is 4.36. The Morgan fingerprint density at radius 3 is 2.67 bits per heavy atom. The average molecular weight is 350 g/mol. The van der Waals surface area contributed by atoms with Crippen LogP contribution in [0.15, 0.2) is 29.2 Å². The molecule has 0 spiro atoms. The topological polar surface area (TPSA) is 66.5 Å². The minimum absolute atomic E-state index is 0.0781. The second-order valence-corrected chi connectivity index (χ2v) is 6.33. The molecule has 0 bridgehead atoms. The van der Waals surface area contributed by atoms with Gasteiger partial charge in [0.25, 0.3) is 11.1 Å². The molecular weight excluding hydrogens is 331 g/mol. The molecule has 1 aromatic carbocycles. The lowest BCUT2D eigenvalue weighted by Gasteiger charge is -2.12. The number of benzene rings is 1. The number of carbonyl (C=O) groups excluding carboxylic acids is 3. The second-order valence-electron chi connectivity index (χ2n) is 5.34. The van der Waals surface area contributed by atoms with Crippen LogP contribution in [0.1, 0.15) is 31.7 Å². The highest BCUT2D eigenvalue weighted by Crippen LogP contribution is 2.31. The van der Waals surface area contributed by atoms with Gasteiger partial charge in [-0.3, -0.25) is 19.3 Å². The number of halogens is 1. The van der Waals surface area contributed by atoms with Crippen molar-refractivity contribution in [2.45, 2.75) is 26.2 Å². The minimum Gasteiger partial charge on any atom is -0.354 e. The van der Waals surface area contributed by atoms with Crippen LogP contribution < -0.4 is 5.32 Å². The molecule has 0 saturated carbocycles. The Morgan fingerprint density at radius 2 is 2.00 bits per heavy atom. The van der Waals surface area contributed by atoms with Crippen LogP contribution in [0.3, 0.4) is 0 Å². The second kappa shape index (κ2) is 8.63. The number of unbranched alkanes of at least 4 members (excludes halogenated alkanes) is 1. The van der Waals surface area contributed by atoms with Crippen molar-refractivity contribution in [1.29, 1.82) is 0 Å². The van der Waals surface area contributed by atoms with Crippen molar-refractivity contribution in [3.05, 3.63) is 40.6 Å². The van der Waals surface area contributed by atoms with Crippen molar-refractivity contribution in [1.82, 2.24) is 10.2 Å². The van der Waals surface area contributed by atoms with Gasteiger partial charge in [0.15, 0.2) is 0 Å². The van der Waals surface area contributed by atoms with Crippen LogP contribution in [0, 0.1) is 5.82 Å². The Hall–Kier alpha value is -2.15. The van der Waals surface area contributed by atoms with E-state index in [9.17, 15) is 18.8 Å². The Labute approximate surface area is 144 Å². The number of nitrogens with one attached hydrogen (secondary N) is 1. The molecule has 1 fully saturated rings. The van der Waals surface area contributed by atoms with Gasteiger partial charge >= 0.3 is 0 Å². The van der Waals surface area contributed by atoms with E-state index in [0.29, 0.717) is 16.9 Å². The molecule has 1 heterocycles. The van der Waals surface area contributed by atoms with Crippen LogP contribution in [0.5, 0.6) is 0 Å². The summed E-state index contributed by atoms with van der Waals surface area (Å²) in [6.45, 7) is 2.38. The van der Waals surface area contributed by atoms with E-state index in [4.69, 9.17) is 0 Å². The van der Waals surface area contributed by atoms with E-state index in [2.05, 4.69) is 5.32 Å². The summed E-state index contributed by atoms with van der Waals surface area (Å²) in [6.07, 6.45) is 3.76. The first-order valence-corrected chi connectivity index (χ1v) is 8.60. The van der Waals surface area contributed by atoms with Gasteiger partial charge in [0.1, 0.15) is 5.82 Å². The third-order valence-electron chi connectivity index (χ3n) is 3.46. The highest BCUT2D eigenvalue weighted by atomic mass is 32.2. The van der Waals surface area contributed by atoms with Crippen molar-refractivity contribution in [3.63, 3.8) is 0 Å².